The average molecular weight is 236 g/mol. The largest absolute Gasteiger partial charge is 0.472 e. The molecule has 0 amide bonds. The maximum absolute atomic E-state index is 10.1. The molecule has 3 rings (SSSR count). The van der Waals surface area contributed by atoms with Crippen LogP contribution in [-0.2, 0) is 4.74 Å². The molecule has 2 nitrogen and oxygen atoms in total. The molecule has 2 saturated carbocycles. The Kier molecular flexibility index (Phi) is 2.39. The van der Waals surface area contributed by atoms with Crippen molar-refractivity contribution in [3.63, 3.8) is 0 Å². The number of ether oxygens (including phenoxy) is 1. The molecular formula is C15H24O2. The molecule has 0 bridgehead atoms. The molecule has 1 aliphatic heterocycles. The Labute approximate surface area is 104 Å². The zero-order valence-corrected chi connectivity index (χ0v) is 11.2. The average Bonchev–Trinajstić information content (AvgIpc) is 2.60. The number of hydrogen-bond donors (Lipinski definition) is 1. The molecule has 1 unspecified atom stereocenters. The molecule has 17 heavy (non-hydrogen) atoms. The Bertz CT molecular complexity index is 358. The van der Waals surface area contributed by atoms with E-state index in [1.54, 1.807) is 0 Å². The lowest BCUT2D eigenvalue weighted by atomic mass is 9.48. The molecule has 0 saturated heterocycles. The van der Waals surface area contributed by atoms with Crippen LogP contribution in [0.1, 0.15) is 52.9 Å². The van der Waals surface area contributed by atoms with Gasteiger partial charge in [-0.25, -0.2) is 0 Å². The van der Waals surface area contributed by atoms with Crippen molar-refractivity contribution in [2.75, 3.05) is 0 Å². The van der Waals surface area contributed by atoms with Crippen LogP contribution in [-0.4, -0.2) is 11.4 Å². The fraction of sp³-hybridized carbons (Fsp3) is 0.867. The standard InChI is InChI=1S/C15H24O2/c1-14(2)7-4-8-15(3)11(14)6-5-10-9-17-13(16)12(10)15/h9,11-13,16H,4-8H2,1-3H3/t11-,12+,13?,15-/m0/s1. The first-order chi connectivity index (χ1) is 7.95. The topological polar surface area (TPSA) is 29.5 Å². The van der Waals surface area contributed by atoms with E-state index in [-0.39, 0.29) is 11.3 Å². The summed E-state index contributed by atoms with van der Waals surface area (Å²) in [5, 5.41) is 10.1. The molecule has 2 fully saturated rings. The molecular weight excluding hydrogens is 212 g/mol. The van der Waals surface area contributed by atoms with Gasteiger partial charge in [-0.15, -0.1) is 0 Å². The molecule has 0 radical (unpaired) electrons. The lowest BCUT2D eigenvalue weighted by molar-refractivity contribution is -0.142. The zero-order valence-electron chi connectivity index (χ0n) is 11.2. The first kappa shape index (κ1) is 11.6. The number of hydrogen-bond acceptors (Lipinski definition) is 2. The van der Waals surface area contributed by atoms with Gasteiger partial charge >= 0.3 is 0 Å². The third-order valence-electron chi connectivity index (χ3n) is 5.75. The highest BCUT2D eigenvalue weighted by molar-refractivity contribution is 5.20. The van der Waals surface area contributed by atoms with E-state index in [0.29, 0.717) is 5.41 Å². The van der Waals surface area contributed by atoms with E-state index in [1.165, 1.54) is 31.3 Å². The molecule has 1 heterocycles. The predicted octanol–water partition coefficient (Wildman–Crippen LogP) is 3.46. The van der Waals surface area contributed by atoms with E-state index in [4.69, 9.17) is 4.74 Å². The first-order valence-electron chi connectivity index (χ1n) is 6.98. The van der Waals surface area contributed by atoms with Crippen molar-refractivity contribution in [1.29, 1.82) is 0 Å². The maximum Gasteiger partial charge on any atom is 0.203 e. The summed E-state index contributed by atoms with van der Waals surface area (Å²) in [5.41, 5.74) is 2.01. The SMILES string of the molecule is CC1(C)CCC[C@]2(C)[C@@H]3C(=COC3O)CC[C@@H]12. The zero-order chi connectivity index (χ0) is 12.3. The summed E-state index contributed by atoms with van der Waals surface area (Å²) >= 11 is 0. The summed E-state index contributed by atoms with van der Waals surface area (Å²) in [4.78, 5) is 0. The molecule has 3 aliphatic rings. The Morgan fingerprint density at radius 1 is 1.29 bits per heavy atom. The Morgan fingerprint density at radius 3 is 2.82 bits per heavy atom. The summed E-state index contributed by atoms with van der Waals surface area (Å²) in [7, 11) is 0. The molecule has 0 aromatic heterocycles. The van der Waals surface area contributed by atoms with Crippen molar-refractivity contribution in [3.05, 3.63) is 11.8 Å². The van der Waals surface area contributed by atoms with E-state index in [1.807, 2.05) is 6.26 Å². The van der Waals surface area contributed by atoms with Gasteiger partial charge < -0.3 is 9.84 Å². The monoisotopic (exact) mass is 236 g/mol. The van der Waals surface area contributed by atoms with Gasteiger partial charge in [-0.3, -0.25) is 0 Å². The van der Waals surface area contributed by atoms with Crippen molar-refractivity contribution >= 4 is 0 Å². The number of fused-ring (bicyclic) bond motifs is 3. The van der Waals surface area contributed by atoms with Gasteiger partial charge in [0.05, 0.1) is 12.2 Å². The predicted molar refractivity (Wildman–Crippen MR) is 67.1 cm³/mol. The van der Waals surface area contributed by atoms with E-state index in [0.717, 1.165) is 12.3 Å². The molecule has 1 N–H and O–H groups in total. The fourth-order valence-corrected chi connectivity index (χ4v) is 5.03. The van der Waals surface area contributed by atoms with E-state index in [9.17, 15) is 5.11 Å². The summed E-state index contributed by atoms with van der Waals surface area (Å²) in [6, 6.07) is 0. The second kappa shape index (κ2) is 3.50. The van der Waals surface area contributed by atoms with Gasteiger partial charge in [-0.2, -0.15) is 0 Å². The van der Waals surface area contributed by atoms with Crippen LogP contribution in [0.4, 0.5) is 0 Å². The number of rotatable bonds is 0. The summed E-state index contributed by atoms with van der Waals surface area (Å²) < 4.78 is 5.38. The van der Waals surface area contributed by atoms with Crippen LogP contribution in [0.5, 0.6) is 0 Å². The first-order valence-corrected chi connectivity index (χ1v) is 6.98. The maximum atomic E-state index is 10.1. The second-order valence-corrected chi connectivity index (χ2v) is 7.14. The van der Waals surface area contributed by atoms with Crippen LogP contribution < -0.4 is 0 Å². The summed E-state index contributed by atoms with van der Waals surface area (Å²) in [6.07, 6.45) is 7.48. The van der Waals surface area contributed by atoms with E-state index < -0.39 is 6.29 Å². The lowest BCUT2D eigenvalue weighted by Crippen LogP contribution is -2.51. The van der Waals surface area contributed by atoms with E-state index in [2.05, 4.69) is 20.8 Å². The van der Waals surface area contributed by atoms with Crippen LogP contribution >= 0.6 is 0 Å². The van der Waals surface area contributed by atoms with Crippen LogP contribution in [0.2, 0.25) is 0 Å². The molecule has 4 atom stereocenters. The van der Waals surface area contributed by atoms with Gasteiger partial charge in [-0.1, -0.05) is 27.2 Å². The quantitative estimate of drug-likeness (QED) is 0.698. The summed E-state index contributed by atoms with van der Waals surface area (Å²) in [5.74, 6) is 0.975. The van der Waals surface area contributed by atoms with Crippen LogP contribution in [0.25, 0.3) is 0 Å². The lowest BCUT2D eigenvalue weighted by Gasteiger charge is -2.57. The Balaban J connectivity index is 1.99. The molecule has 96 valence electrons. The minimum Gasteiger partial charge on any atom is -0.472 e. The Morgan fingerprint density at radius 2 is 2.06 bits per heavy atom. The smallest absolute Gasteiger partial charge is 0.203 e. The second-order valence-electron chi connectivity index (χ2n) is 7.14. The molecule has 0 aromatic carbocycles. The van der Waals surface area contributed by atoms with Crippen molar-refractivity contribution in [2.45, 2.75) is 59.2 Å². The molecule has 0 spiro atoms. The molecule has 2 aliphatic carbocycles. The van der Waals surface area contributed by atoms with E-state index >= 15 is 0 Å². The van der Waals surface area contributed by atoms with Crippen molar-refractivity contribution in [3.8, 4) is 0 Å². The van der Waals surface area contributed by atoms with Gasteiger partial charge in [-0.05, 0) is 48.0 Å². The number of aliphatic hydroxyl groups excluding tert-OH is 1. The van der Waals surface area contributed by atoms with Gasteiger partial charge in [0.1, 0.15) is 0 Å². The molecule has 2 heteroatoms. The normalized spacial score (nSPS) is 47.8. The third kappa shape index (κ3) is 1.49. The van der Waals surface area contributed by atoms with Gasteiger partial charge in [0.2, 0.25) is 6.29 Å². The summed E-state index contributed by atoms with van der Waals surface area (Å²) in [6.45, 7) is 7.20. The van der Waals surface area contributed by atoms with Gasteiger partial charge in [0.25, 0.3) is 0 Å². The highest BCUT2D eigenvalue weighted by atomic mass is 16.6. The van der Waals surface area contributed by atoms with Crippen molar-refractivity contribution in [2.24, 2.45) is 22.7 Å². The van der Waals surface area contributed by atoms with Crippen molar-refractivity contribution < 1.29 is 9.84 Å². The highest BCUT2D eigenvalue weighted by Crippen LogP contribution is 2.62. The Hall–Kier alpha value is -0.500. The number of aliphatic hydroxyl groups is 1. The van der Waals surface area contributed by atoms with Gasteiger partial charge in [0.15, 0.2) is 0 Å². The highest BCUT2D eigenvalue weighted by Gasteiger charge is 2.57. The van der Waals surface area contributed by atoms with Crippen LogP contribution in [0.3, 0.4) is 0 Å². The minimum atomic E-state index is -0.591. The van der Waals surface area contributed by atoms with Gasteiger partial charge in [0, 0.05) is 0 Å². The van der Waals surface area contributed by atoms with Crippen molar-refractivity contribution in [1.82, 2.24) is 0 Å². The minimum absolute atomic E-state index is 0.238. The molecule has 0 aromatic rings. The van der Waals surface area contributed by atoms with Crippen LogP contribution in [0.15, 0.2) is 11.8 Å². The van der Waals surface area contributed by atoms with Crippen LogP contribution in [0, 0.1) is 22.7 Å². The third-order valence-corrected chi connectivity index (χ3v) is 5.75. The fourth-order valence-electron chi connectivity index (χ4n) is 5.03.